The lowest BCUT2D eigenvalue weighted by atomic mass is 9.72. The van der Waals surface area contributed by atoms with Gasteiger partial charge in [-0.2, -0.15) is 0 Å². The van der Waals surface area contributed by atoms with Crippen molar-refractivity contribution < 1.29 is 43.9 Å². The molecule has 10 heteroatoms. The standard InChI is InChI=1S/C36H41NO9/c1-5-11-44-33-25-16-29(36(3,4)42)46-32(25)26(18-39)34-30(33)23(15-28(45-34)35(41)43-6-2)21-13-22(17-38)31(40)24(14-21)19-7-8-27-20(12-19)9-10-37-27/h7-10,12,15,22,24,29,37-39,42H,5-6,11,13-14,16-18H2,1-4H3/b23-21+/t22-,24-,29+/m1/s1. The Labute approximate surface area is 267 Å². The number of aromatic amines is 1. The third kappa shape index (κ3) is 5.59. The Hall–Kier alpha value is -4.12. The fourth-order valence-corrected chi connectivity index (χ4v) is 6.73. The maximum Gasteiger partial charge on any atom is 0.374 e. The van der Waals surface area contributed by atoms with Crippen LogP contribution >= 0.6 is 0 Å². The molecule has 4 N–H and O–H groups in total. The summed E-state index contributed by atoms with van der Waals surface area (Å²) < 4.78 is 24.2. The highest BCUT2D eigenvalue weighted by Crippen LogP contribution is 2.55. The third-order valence-electron chi connectivity index (χ3n) is 9.10. The number of fused-ring (bicyclic) bond motifs is 3. The number of aromatic nitrogens is 1. The SMILES string of the molecule is CCCOc1c2c(c(CO)c3c1/C(=C1\C[C@H](CO)C(=O)[C@@H](c4ccc5[nH]ccc5c4)C1)C=C(C(=O)OCC)O3)O[C@H](C(C)(C)O)C2. The highest BCUT2D eigenvalue weighted by atomic mass is 16.6. The number of carbonyl (C=O) groups is 2. The molecular weight excluding hydrogens is 590 g/mol. The predicted molar refractivity (Wildman–Crippen MR) is 171 cm³/mol. The Morgan fingerprint density at radius 1 is 1.11 bits per heavy atom. The molecular formula is C36H41NO9. The van der Waals surface area contributed by atoms with Gasteiger partial charge in [-0.15, -0.1) is 0 Å². The van der Waals surface area contributed by atoms with E-state index in [1.807, 2.05) is 37.4 Å². The molecule has 46 heavy (non-hydrogen) atoms. The van der Waals surface area contributed by atoms with Crippen LogP contribution in [0, 0.1) is 5.92 Å². The van der Waals surface area contributed by atoms with Crippen LogP contribution < -0.4 is 14.2 Å². The van der Waals surface area contributed by atoms with Gasteiger partial charge in [0.25, 0.3) is 0 Å². The number of Topliss-reactive ketones (excluding diaryl/α,β-unsaturated/α-hetero) is 1. The summed E-state index contributed by atoms with van der Waals surface area (Å²) in [4.78, 5) is 30.1. The molecule has 0 radical (unpaired) electrons. The molecule has 10 nitrogen and oxygen atoms in total. The van der Waals surface area contributed by atoms with Crippen LogP contribution in [-0.2, 0) is 27.4 Å². The van der Waals surface area contributed by atoms with Gasteiger partial charge in [0.15, 0.2) is 0 Å². The van der Waals surface area contributed by atoms with Gasteiger partial charge in [-0.25, -0.2) is 4.79 Å². The second-order valence-electron chi connectivity index (χ2n) is 12.7. The molecule has 1 aromatic heterocycles. The van der Waals surface area contributed by atoms with E-state index in [4.69, 9.17) is 18.9 Å². The maximum absolute atomic E-state index is 13.8. The lowest BCUT2D eigenvalue weighted by molar-refractivity contribution is -0.141. The quantitative estimate of drug-likeness (QED) is 0.243. The van der Waals surface area contributed by atoms with Crippen molar-refractivity contribution in [3.8, 4) is 17.2 Å². The summed E-state index contributed by atoms with van der Waals surface area (Å²) in [6.45, 7) is 6.72. The number of ether oxygens (including phenoxy) is 4. The Bertz CT molecular complexity index is 1740. The van der Waals surface area contributed by atoms with Crippen LogP contribution in [0.5, 0.6) is 17.2 Å². The molecule has 1 fully saturated rings. The zero-order valence-electron chi connectivity index (χ0n) is 26.6. The van der Waals surface area contributed by atoms with Crippen molar-refractivity contribution in [2.24, 2.45) is 5.92 Å². The molecule has 3 heterocycles. The number of rotatable bonds is 9. The summed E-state index contributed by atoms with van der Waals surface area (Å²) in [6.07, 6.45) is 4.50. The van der Waals surface area contributed by atoms with Crippen molar-refractivity contribution in [2.45, 2.75) is 77.6 Å². The van der Waals surface area contributed by atoms with Crippen molar-refractivity contribution in [1.82, 2.24) is 4.98 Å². The molecule has 1 aliphatic carbocycles. The summed E-state index contributed by atoms with van der Waals surface area (Å²) in [5.74, 6) is -0.942. The minimum atomic E-state index is -1.20. The summed E-state index contributed by atoms with van der Waals surface area (Å²) in [6, 6.07) is 7.83. The number of allylic oxidation sites excluding steroid dienone is 3. The Morgan fingerprint density at radius 3 is 2.61 bits per heavy atom. The van der Waals surface area contributed by atoms with Gasteiger partial charge in [0.2, 0.25) is 5.76 Å². The van der Waals surface area contributed by atoms with Crippen molar-refractivity contribution in [1.29, 1.82) is 0 Å². The highest BCUT2D eigenvalue weighted by molar-refractivity contribution is 5.99. The van der Waals surface area contributed by atoms with Crippen molar-refractivity contribution in [2.75, 3.05) is 19.8 Å². The van der Waals surface area contributed by atoms with Crippen molar-refractivity contribution in [3.63, 3.8) is 0 Å². The van der Waals surface area contributed by atoms with Gasteiger partial charge in [-0.3, -0.25) is 4.79 Å². The zero-order valence-corrected chi connectivity index (χ0v) is 26.6. The van der Waals surface area contributed by atoms with Crippen molar-refractivity contribution in [3.05, 3.63) is 70.1 Å². The van der Waals surface area contributed by atoms with Gasteiger partial charge in [0.05, 0.1) is 43.2 Å². The summed E-state index contributed by atoms with van der Waals surface area (Å²) >= 11 is 0. The summed E-state index contributed by atoms with van der Waals surface area (Å²) in [5.41, 5.74) is 3.63. The van der Waals surface area contributed by atoms with E-state index in [0.29, 0.717) is 59.6 Å². The Balaban J connectivity index is 1.59. The van der Waals surface area contributed by atoms with E-state index in [1.165, 1.54) is 0 Å². The fraction of sp³-hybridized carbons (Fsp3) is 0.444. The number of hydrogen-bond acceptors (Lipinski definition) is 9. The van der Waals surface area contributed by atoms with Gasteiger partial charge in [-0.05, 0) is 80.8 Å². The van der Waals surface area contributed by atoms with E-state index in [9.17, 15) is 24.9 Å². The normalized spacial score (nSPS) is 22.5. The molecule has 2 aromatic carbocycles. The van der Waals surface area contributed by atoms with E-state index in [0.717, 1.165) is 22.0 Å². The first-order chi connectivity index (χ1) is 22.1. The number of hydrogen-bond donors (Lipinski definition) is 4. The zero-order chi connectivity index (χ0) is 32.7. The smallest absolute Gasteiger partial charge is 0.374 e. The molecule has 3 aliphatic rings. The van der Waals surface area contributed by atoms with Gasteiger partial charge in [0, 0.05) is 35.5 Å². The lowest BCUT2D eigenvalue weighted by Crippen LogP contribution is -2.39. The van der Waals surface area contributed by atoms with Crippen LogP contribution in [0.25, 0.3) is 16.5 Å². The second-order valence-corrected chi connectivity index (χ2v) is 12.7. The summed E-state index contributed by atoms with van der Waals surface area (Å²) in [7, 11) is 0. The number of benzene rings is 2. The first-order valence-corrected chi connectivity index (χ1v) is 15.9. The second kappa shape index (κ2) is 12.6. The van der Waals surface area contributed by atoms with Gasteiger partial charge in [-0.1, -0.05) is 18.6 Å². The minimum Gasteiger partial charge on any atom is -0.492 e. The van der Waals surface area contributed by atoms with E-state index < -0.39 is 36.1 Å². The molecule has 0 bridgehead atoms. The average molecular weight is 632 g/mol. The predicted octanol–water partition coefficient (Wildman–Crippen LogP) is 4.87. The monoisotopic (exact) mass is 631 g/mol. The van der Waals surface area contributed by atoms with Crippen LogP contribution in [0.3, 0.4) is 0 Å². The van der Waals surface area contributed by atoms with E-state index >= 15 is 0 Å². The van der Waals surface area contributed by atoms with Crippen LogP contribution in [0.1, 0.15) is 75.1 Å². The number of nitrogens with one attached hydrogen (secondary N) is 1. The molecule has 2 aliphatic heterocycles. The maximum atomic E-state index is 13.8. The van der Waals surface area contributed by atoms with Crippen molar-refractivity contribution >= 4 is 28.2 Å². The minimum absolute atomic E-state index is 0.0440. The highest BCUT2D eigenvalue weighted by Gasteiger charge is 2.44. The lowest BCUT2D eigenvalue weighted by Gasteiger charge is -2.33. The number of carbonyl (C=O) groups excluding carboxylic acids is 2. The first kappa shape index (κ1) is 31.8. The Kier molecular flexibility index (Phi) is 8.71. The molecule has 0 saturated heterocycles. The van der Waals surface area contributed by atoms with E-state index in [2.05, 4.69) is 4.98 Å². The largest absolute Gasteiger partial charge is 0.492 e. The fourth-order valence-electron chi connectivity index (χ4n) is 6.73. The van der Waals surface area contributed by atoms with Gasteiger partial charge >= 0.3 is 5.97 Å². The summed E-state index contributed by atoms with van der Waals surface area (Å²) in [5, 5.41) is 33.0. The number of ketones is 1. The number of esters is 1. The van der Waals surface area contributed by atoms with E-state index in [-0.39, 0.29) is 36.9 Å². The molecule has 3 aromatic rings. The van der Waals surface area contributed by atoms with Crippen LogP contribution in [-0.4, -0.2) is 63.6 Å². The third-order valence-corrected chi connectivity index (χ3v) is 9.10. The molecule has 6 rings (SSSR count). The molecule has 0 unspecified atom stereocenters. The Morgan fingerprint density at radius 2 is 1.91 bits per heavy atom. The van der Waals surface area contributed by atoms with Gasteiger partial charge < -0.3 is 39.3 Å². The molecule has 3 atom stereocenters. The van der Waals surface area contributed by atoms with E-state index in [1.54, 1.807) is 26.8 Å². The van der Waals surface area contributed by atoms with Crippen LogP contribution in [0.2, 0.25) is 0 Å². The van der Waals surface area contributed by atoms with Gasteiger partial charge in [0.1, 0.15) is 29.1 Å². The molecule has 0 amide bonds. The number of H-pyrrole nitrogens is 1. The average Bonchev–Trinajstić information content (AvgIpc) is 3.70. The topological polar surface area (TPSA) is 148 Å². The van der Waals surface area contributed by atoms with Crippen LogP contribution in [0.15, 0.2) is 47.9 Å². The van der Waals surface area contributed by atoms with Crippen LogP contribution in [0.4, 0.5) is 0 Å². The molecule has 0 spiro atoms. The number of aliphatic hydroxyl groups excluding tert-OH is 2. The number of aliphatic hydroxyl groups is 3. The molecule has 1 saturated carbocycles. The molecule has 244 valence electrons. The first-order valence-electron chi connectivity index (χ1n) is 15.9.